The molecule has 23 heavy (non-hydrogen) atoms. The van der Waals surface area contributed by atoms with Crippen molar-refractivity contribution in [2.45, 2.75) is 19.0 Å². The van der Waals surface area contributed by atoms with E-state index in [1.54, 1.807) is 0 Å². The summed E-state index contributed by atoms with van der Waals surface area (Å²) in [5.41, 5.74) is 1.76. The first-order valence-corrected chi connectivity index (χ1v) is 7.75. The van der Waals surface area contributed by atoms with Gasteiger partial charge >= 0.3 is 5.97 Å². The molecule has 2 heterocycles. The van der Waals surface area contributed by atoms with E-state index >= 15 is 0 Å². The minimum atomic E-state index is -1.05. The quantitative estimate of drug-likeness (QED) is 0.835. The molecule has 1 amide bonds. The number of rotatable bonds is 2. The van der Waals surface area contributed by atoms with Crippen molar-refractivity contribution < 1.29 is 14.7 Å². The molecule has 118 valence electrons. The molecule has 0 bridgehead atoms. The number of amides is 1. The lowest BCUT2D eigenvalue weighted by Crippen LogP contribution is -2.48. The topological polar surface area (TPSA) is 90.5 Å². The number of benzene rings is 1. The highest BCUT2D eigenvalue weighted by molar-refractivity contribution is 9.10. The third kappa shape index (κ3) is 2.92. The lowest BCUT2D eigenvalue weighted by atomic mass is 9.93. The van der Waals surface area contributed by atoms with Crippen molar-refractivity contribution >= 4 is 27.8 Å². The number of aromatic nitrogens is 1. The van der Waals surface area contributed by atoms with Gasteiger partial charge in [-0.3, -0.25) is 9.59 Å². The monoisotopic (exact) mass is 376 g/mol. The average Bonchev–Trinajstić information content (AvgIpc) is 2.55. The van der Waals surface area contributed by atoms with E-state index in [-0.39, 0.29) is 28.6 Å². The Bertz CT molecular complexity index is 846. The second-order valence-electron chi connectivity index (χ2n) is 5.33. The summed E-state index contributed by atoms with van der Waals surface area (Å²) in [7, 11) is 0. The van der Waals surface area contributed by atoms with Crippen molar-refractivity contribution in [2.24, 2.45) is 0 Å². The molecule has 0 aliphatic carbocycles. The molecule has 1 aliphatic heterocycles. The van der Waals surface area contributed by atoms with Crippen molar-refractivity contribution in [3.63, 3.8) is 0 Å². The third-order valence-electron chi connectivity index (χ3n) is 3.90. The van der Waals surface area contributed by atoms with E-state index < -0.39 is 17.9 Å². The molecule has 0 radical (unpaired) electrons. The van der Waals surface area contributed by atoms with Crippen LogP contribution >= 0.6 is 15.9 Å². The Labute approximate surface area is 139 Å². The largest absolute Gasteiger partial charge is 0.480 e. The molecule has 0 spiro atoms. The smallest absolute Gasteiger partial charge is 0.326 e. The van der Waals surface area contributed by atoms with Crippen LogP contribution in [0.1, 0.15) is 21.5 Å². The van der Waals surface area contributed by atoms with E-state index in [0.29, 0.717) is 0 Å². The van der Waals surface area contributed by atoms with Crippen molar-refractivity contribution in [1.29, 1.82) is 0 Å². The van der Waals surface area contributed by atoms with Gasteiger partial charge in [-0.05, 0) is 33.1 Å². The standard InChI is InChI=1S/C16H13BrN2O4/c17-12-5-11(7-18-14(12)20)15(21)19-8-10-4-2-1-3-9(10)6-13(19)16(22)23/h1-5,7,13H,6,8H2,(H,18,20)(H,22,23). The number of aromatic amines is 1. The van der Waals surface area contributed by atoms with Crippen LogP contribution < -0.4 is 5.56 Å². The summed E-state index contributed by atoms with van der Waals surface area (Å²) in [6.45, 7) is 0.225. The molecule has 7 heteroatoms. The highest BCUT2D eigenvalue weighted by atomic mass is 79.9. The van der Waals surface area contributed by atoms with Crippen molar-refractivity contribution in [1.82, 2.24) is 9.88 Å². The number of carboxylic acid groups (broad SMARTS) is 1. The minimum absolute atomic E-state index is 0.225. The van der Waals surface area contributed by atoms with Crippen molar-refractivity contribution in [3.05, 3.63) is 68.0 Å². The summed E-state index contributed by atoms with van der Waals surface area (Å²) in [6.07, 6.45) is 1.57. The number of pyridine rings is 1. The van der Waals surface area contributed by atoms with Crippen LogP contribution in [0.25, 0.3) is 0 Å². The Kier molecular flexibility index (Phi) is 4.04. The average molecular weight is 377 g/mol. The summed E-state index contributed by atoms with van der Waals surface area (Å²) in [5.74, 6) is -1.47. The summed E-state index contributed by atoms with van der Waals surface area (Å²) in [4.78, 5) is 39.4. The zero-order valence-electron chi connectivity index (χ0n) is 12.0. The summed E-state index contributed by atoms with van der Waals surface area (Å²) in [5, 5.41) is 9.47. The zero-order chi connectivity index (χ0) is 16.6. The molecule has 1 aromatic carbocycles. The zero-order valence-corrected chi connectivity index (χ0v) is 13.5. The summed E-state index contributed by atoms with van der Waals surface area (Å²) in [6, 6.07) is 7.96. The molecule has 3 rings (SSSR count). The number of nitrogens with zero attached hydrogens (tertiary/aromatic N) is 1. The SMILES string of the molecule is O=C(O)C1Cc2ccccc2CN1C(=O)c1c[nH]c(=O)c(Br)c1. The van der Waals surface area contributed by atoms with Gasteiger partial charge in [0.1, 0.15) is 6.04 Å². The number of hydrogen-bond acceptors (Lipinski definition) is 3. The number of halogens is 1. The second kappa shape index (κ2) is 6.00. The minimum Gasteiger partial charge on any atom is -0.480 e. The Morgan fingerprint density at radius 3 is 2.61 bits per heavy atom. The van der Waals surface area contributed by atoms with Crippen molar-refractivity contribution in [3.8, 4) is 0 Å². The van der Waals surface area contributed by atoms with Gasteiger partial charge in [0.15, 0.2) is 0 Å². The van der Waals surface area contributed by atoms with Crippen LogP contribution in [0, 0.1) is 0 Å². The molecular formula is C16H13BrN2O4. The number of aliphatic carboxylic acids is 1. The van der Waals surface area contributed by atoms with Crippen LogP contribution in [0.2, 0.25) is 0 Å². The summed E-state index contributed by atoms with van der Waals surface area (Å²) >= 11 is 3.08. The molecule has 1 atom stereocenters. The Balaban J connectivity index is 1.99. The van der Waals surface area contributed by atoms with Gasteiger partial charge in [-0.15, -0.1) is 0 Å². The second-order valence-corrected chi connectivity index (χ2v) is 6.18. The Morgan fingerprint density at radius 1 is 1.26 bits per heavy atom. The van der Waals surface area contributed by atoms with E-state index in [1.807, 2.05) is 24.3 Å². The molecule has 1 aromatic heterocycles. The van der Waals surface area contributed by atoms with Gasteiger partial charge in [0.2, 0.25) is 0 Å². The molecule has 1 unspecified atom stereocenters. The molecular weight excluding hydrogens is 364 g/mol. The number of carbonyl (C=O) groups is 2. The first kappa shape index (κ1) is 15.5. The maximum absolute atomic E-state index is 12.7. The highest BCUT2D eigenvalue weighted by Crippen LogP contribution is 2.25. The number of H-pyrrole nitrogens is 1. The Hall–Kier alpha value is -2.41. The van der Waals surface area contributed by atoms with E-state index in [9.17, 15) is 19.5 Å². The van der Waals surface area contributed by atoms with Crippen LogP contribution in [0.5, 0.6) is 0 Å². The van der Waals surface area contributed by atoms with Crippen LogP contribution in [-0.2, 0) is 17.8 Å². The van der Waals surface area contributed by atoms with Gasteiger partial charge in [0.05, 0.1) is 10.0 Å². The molecule has 2 N–H and O–H groups in total. The normalized spacial score (nSPS) is 16.7. The molecule has 0 fully saturated rings. The van der Waals surface area contributed by atoms with Crippen LogP contribution in [0.4, 0.5) is 0 Å². The van der Waals surface area contributed by atoms with Gasteiger partial charge in [-0.2, -0.15) is 0 Å². The van der Waals surface area contributed by atoms with Gasteiger partial charge in [0.25, 0.3) is 11.5 Å². The van der Waals surface area contributed by atoms with Gasteiger partial charge in [-0.1, -0.05) is 24.3 Å². The number of carbonyl (C=O) groups excluding carboxylic acids is 1. The maximum atomic E-state index is 12.7. The number of hydrogen-bond donors (Lipinski definition) is 2. The number of fused-ring (bicyclic) bond motifs is 1. The van der Waals surface area contributed by atoms with Crippen LogP contribution in [0.15, 0.2) is 45.8 Å². The number of carboxylic acids is 1. The van der Waals surface area contributed by atoms with Gasteiger partial charge in [0, 0.05) is 19.2 Å². The maximum Gasteiger partial charge on any atom is 0.326 e. The molecule has 6 nitrogen and oxygen atoms in total. The van der Waals surface area contributed by atoms with Crippen LogP contribution in [0.3, 0.4) is 0 Å². The van der Waals surface area contributed by atoms with Crippen LogP contribution in [-0.4, -0.2) is 32.9 Å². The van der Waals surface area contributed by atoms with E-state index in [1.165, 1.54) is 17.2 Å². The van der Waals surface area contributed by atoms with Crippen molar-refractivity contribution in [2.75, 3.05) is 0 Å². The highest BCUT2D eigenvalue weighted by Gasteiger charge is 2.35. The van der Waals surface area contributed by atoms with E-state index in [2.05, 4.69) is 20.9 Å². The number of nitrogens with one attached hydrogen (secondary N) is 1. The fourth-order valence-electron chi connectivity index (χ4n) is 2.70. The third-order valence-corrected chi connectivity index (χ3v) is 4.49. The molecule has 2 aromatic rings. The predicted octanol–water partition coefficient (Wildman–Crippen LogP) is 1.79. The lowest BCUT2D eigenvalue weighted by Gasteiger charge is -2.34. The Morgan fingerprint density at radius 2 is 1.96 bits per heavy atom. The first-order chi connectivity index (χ1) is 11.0. The molecule has 0 saturated carbocycles. The lowest BCUT2D eigenvalue weighted by molar-refractivity contribution is -0.142. The molecule has 1 aliphatic rings. The van der Waals surface area contributed by atoms with Gasteiger partial charge < -0.3 is 15.0 Å². The molecule has 0 saturated heterocycles. The van der Waals surface area contributed by atoms with Gasteiger partial charge in [-0.25, -0.2) is 4.79 Å². The fourth-order valence-corrected chi connectivity index (χ4v) is 3.06. The first-order valence-electron chi connectivity index (χ1n) is 6.96. The predicted molar refractivity (Wildman–Crippen MR) is 86.2 cm³/mol. The summed E-state index contributed by atoms with van der Waals surface area (Å²) < 4.78 is 0.229. The fraction of sp³-hybridized carbons (Fsp3) is 0.188. The van der Waals surface area contributed by atoms with E-state index in [4.69, 9.17) is 0 Å². The van der Waals surface area contributed by atoms with E-state index in [0.717, 1.165) is 11.1 Å².